The second-order valence-corrected chi connectivity index (χ2v) is 5.53. The van der Waals surface area contributed by atoms with Crippen molar-refractivity contribution in [3.8, 4) is 5.75 Å². The van der Waals surface area contributed by atoms with Crippen LogP contribution in [0.5, 0.6) is 5.75 Å². The molecule has 0 spiro atoms. The summed E-state index contributed by atoms with van der Waals surface area (Å²) in [7, 11) is 1.63. The first-order chi connectivity index (χ1) is 7.54. The first-order valence-corrected chi connectivity index (χ1v) is 6.39. The Morgan fingerprint density at radius 1 is 1.44 bits per heavy atom. The molecule has 16 heavy (non-hydrogen) atoms. The standard InChI is InChI=1S/C13H18O2S/c1-9(2)16-8-13(14)12-6-5-11(15-4)7-10(12)3/h5-7,9H,8H2,1-4H3. The van der Waals surface area contributed by atoms with E-state index >= 15 is 0 Å². The van der Waals surface area contributed by atoms with E-state index in [-0.39, 0.29) is 5.78 Å². The average molecular weight is 238 g/mol. The van der Waals surface area contributed by atoms with E-state index in [0.717, 1.165) is 16.9 Å². The molecule has 0 aliphatic heterocycles. The van der Waals surface area contributed by atoms with Crippen molar-refractivity contribution in [2.45, 2.75) is 26.0 Å². The zero-order valence-electron chi connectivity index (χ0n) is 10.2. The summed E-state index contributed by atoms with van der Waals surface area (Å²) in [5, 5.41) is 0.488. The number of ether oxygens (including phenoxy) is 1. The number of aryl methyl sites for hydroxylation is 1. The van der Waals surface area contributed by atoms with Crippen LogP contribution < -0.4 is 4.74 Å². The van der Waals surface area contributed by atoms with Gasteiger partial charge in [-0.05, 0) is 35.9 Å². The number of carbonyl (C=O) groups is 1. The minimum absolute atomic E-state index is 0.193. The van der Waals surface area contributed by atoms with Gasteiger partial charge in [-0.1, -0.05) is 13.8 Å². The second-order valence-electron chi connectivity index (χ2n) is 3.96. The van der Waals surface area contributed by atoms with Crippen LogP contribution in [0, 0.1) is 6.92 Å². The lowest BCUT2D eigenvalue weighted by molar-refractivity contribution is 0.102. The van der Waals surface area contributed by atoms with E-state index in [4.69, 9.17) is 4.74 Å². The maximum Gasteiger partial charge on any atom is 0.172 e. The van der Waals surface area contributed by atoms with Gasteiger partial charge in [0, 0.05) is 5.56 Å². The molecule has 2 nitrogen and oxygen atoms in total. The zero-order chi connectivity index (χ0) is 12.1. The maximum atomic E-state index is 11.9. The van der Waals surface area contributed by atoms with Crippen molar-refractivity contribution in [1.82, 2.24) is 0 Å². The third kappa shape index (κ3) is 3.56. The molecule has 0 heterocycles. The highest BCUT2D eigenvalue weighted by Gasteiger charge is 2.10. The van der Waals surface area contributed by atoms with E-state index < -0.39 is 0 Å². The number of hydrogen-bond donors (Lipinski definition) is 0. The van der Waals surface area contributed by atoms with Crippen molar-refractivity contribution in [3.63, 3.8) is 0 Å². The topological polar surface area (TPSA) is 26.3 Å². The van der Waals surface area contributed by atoms with Gasteiger partial charge in [0.05, 0.1) is 12.9 Å². The number of Topliss-reactive ketones (excluding diaryl/α,β-unsaturated/α-hetero) is 1. The molecule has 0 atom stereocenters. The normalized spacial score (nSPS) is 10.6. The van der Waals surface area contributed by atoms with Gasteiger partial charge in [-0.15, -0.1) is 0 Å². The van der Waals surface area contributed by atoms with Crippen molar-refractivity contribution >= 4 is 17.5 Å². The van der Waals surface area contributed by atoms with Gasteiger partial charge in [-0.3, -0.25) is 4.79 Å². The number of benzene rings is 1. The molecule has 3 heteroatoms. The minimum atomic E-state index is 0.193. The van der Waals surface area contributed by atoms with Gasteiger partial charge in [0.2, 0.25) is 0 Å². The SMILES string of the molecule is COc1ccc(C(=O)CSC(C)C)c(C)c1. The monoisotopic (exact) mass is 238 g/mol. The fourth-order valence-electron chi connectivity index (χ4n) is 1.40. The van der Waals surface area contributed by atoms with Crippen molar-refractivity contribution in [2.24, 2.45) is 0 Å². The maximum absolute atomic E-state index is 11.9. The summed E-state index contributed by atoms with van der Waals surface area (Å²) in [5.41, 5.74) is 1.78. The van der Waals surface area contributed by atoms with Crippen LogP contribution in [0.1, 0.15) is 29.8 Å². The molecule has 0 N–H and O–H groups in total. The minimum Gasteiger partial charge on any atom is -0.497 e. The van der Waals surface area contributed by atoms with Gasteiger partial charge in [0.1, 0.15) is 5.75 Å². The molecular formula is C13H18O2S. The molecule has 0 aromatic heterocycles. The van der Waals surface area contributed by atoms with Gasteiger partial charge >= 0.3 is 0 Å². The third-order valence-electron chi connectivity index (χ3n) is 2.28. The largest absolute Gasteiger partial charge is 0.497 e. The van der Waals surface area contributed by atoms with Crippen molar-refractivity contribution in [2.75, 3.05) is 12.9 Å². The van der Waals surface area contributed by atoms with Crippen LogP contribution >= 0.6 is 11.8 Å². The van der Waals surface area contributed by atoms with Gasteiger partial charge in [0.15, 0.2) is 5.78 Å². The van der Waals surface area contributed by atoms with Crippen LogP contribution in [-0.4, -0.2) is 23.9 Å². The molecule has 0 amide bonds. The molecule has 1 rings (SSSR count). The molecule has 1 aromatic carbocycles. The number of ketones is 1. The predicted molar refractivity (Wildman–Crippen MR) is 69.7 cm³/mol. The Balaban J connectivity index is 2.76. The first kappa shape index (κ1) is 13.1. The fourth-order valence-corrected chi connectivity index (χ4v) is 2.04. The Morgan fingerprint density at radius 3 is 2.62 bits per heavy atom. The number of methoxy groups -OCH3 is 1. The lowest BCUT2D eigenvalue weighted by atomic mass is 10.1. The Bertz CT molecular complexity index is 372. The fraction of sp³-hybridized carbons (Fsp3) is 0.462. The van der Waals surface area contributed by atoms with Crippen LogP contribution in [0.15, 0.2) is 18.2 Å². The van der Waals surface area contributed by atoms with Crippen LogP contribution in [0.3, 0.4) is 0 Å². The molecule has 0 radical (unpaired) electrons. The second kappa shape index (κ2) is 5.94. The van der Waals surface area contributed by atoms with Crippen LogP contribution in [0.25, 0.3) is 0 Å². The predicted octanol–water partition coefficient (Wildman–Crippen LogP) is 3.33. The number of thioether (sulfide) groups is 1. The van der Waals surface area contributed by atoms with Crippen LogP contribution in [-0.2, 0) is 0 Å². The van der Waals surface area contributed by atoms with Crippen LogP contribution in [0.2, 0.25) is 0 Å². The summed E-state index contributed by atoms with van der Waals surface area (Å²) >= 11 is 1.67. The van der Waals surface area contributed by atoms with Gasteiger partial charge < -0.3 is 4.74 Å². The Hall–Kier alpha value is -0.960. The van der Waals surface area contributed by atoms with Gasteiger partial charge in [-0.2, -0.15) is 11.8 Å². The first-order valence-electron chi connectivity index (χ1n) is 5.34. The van der Waals surface area contributed by atoms with Crippen molar-refractivity contribution in [3.05, 3.63) is 29.3 Å². The van der Waals surface area contributed by atoms with E-state index in [9.17, 15) is 4.79 Å². The summed E-state index contributed by atoms with van der Waals surface area (Å²) in [4.78, 5) is 11.9. The Kier molecular flexibility index (Phi) is 4.87. The molecule has 0 bridgehead atoms. The third-order valence-corrected chi connectivity index (χ3v) is 3.38. The van der Waals surface area contributed by atoms with Gasteiger partial charge in [-0.25, -0.2) is 0 Å². The number of hydrogen-bond acceptors (Lipinski definition) is 3. The van der Waals surface area contributed by atoms with Crippen molar-refractivity contribution < 1.29 is 9.53 Å². The Morgan fingerprint density at radius 2 is 2.12 bits per heavy atom. The lowest BCUT2D eigenvalue weighted by Crippen LogP contribution is -2.07. The summed E-state index contributed by atoms with van der Waals surface area (Å²) in [6.07, 6.45) is 0. The van der Waals surface area contributed by atoms with Crippen molar-refractivity contribution in [1.29, 1.82) is 0 Å². The molecule has 0 aliphatic carbocycles. The number of rotatable bonds is 5. The molecule has 0 unspecified atom stereocenters. The van der Waals surface area contributed by atoms with E-state index in [1.165, 1.54) is 0 Å². The van der Waals surface area contributed by atoms with Gasteiger partial charge in [0.25, 0.3) is 0 Å². The van der Waals surface area contributed by atoms with E-state index in [1.807, 2.05) is 25.1 Å². The van der Waals surface area contributed by atoms with E-state index in [0.29, 0.717) is 11.0 Å². The summed E-state index contributed by atoms with van der Waals surface area (Å²) in [5.74, 6) is 1.54. The quantitative estimate of drug-likeness (QED) is 0.736. The molecule has 0 fully saturated rings. The highest BCUT2D eigenvalue weighted by atomic mass is 32.2. The highest BCUT2D eigenvalue weighted by molar-refractivity contribution is 8.00. The molecule has 88 valence electrons. The Labute approximate surface area is 101 Å². The molecule has 0 aliphatic rings. The van der Waals surface area contributed by atoms with E-state index in [1.54, 1.807) is 18.9 Å². The average Bonchev–Trinajstić information content (AvgIpc) is 2.25. The summed E-state index contributed by atoms with van der Waals surface area (Å²) in [6.45, 7) is 6.13. The van der Waals surface area contributed by atoms with E-state index in [2.05, 4.69) is 13.8 Å². The zero-order valence-corrected chi connectivity index (χ0v) is 11.1. The highest BCUT2D eigenvalue weighted by Crippen LogP contribution is 2.19. The summed E-state index contributed by atoms with van der Waals surface area (Å²) in [6, 6.07) is 5.57. The number of carbonyl (C=O) groups excluding carboxylic acids is 1. The molecule has 1 aromatic rings. The smallest absolute Gasteiger partial charge is 0.172 e. The molecule has 0 saturated heterocycles. The lowest BCUT2D eigenvalue weighted by Gasteiger charge is -2.08. The molecule has 0 saturated carbocycles. The van der Waals surface area contributed by atoms with Crippen LogP contribution in [0.4, 0.5) is 0 Å². The molecular weight excluding hydrogens is 220 g/mol. The summed E-state index contributed by atoms with van der Waals surface area (Å²) < 4.78 is 5.11.